The number of hydrogen-bond acceptors (Lipinski definition) is 5. The number of aliphatic imine (C=N–C) groups is 1. The van der Waals surface area contributed by atoms with Gasteiger partial charge in [-0.1, -0.05) is 18.7 Å². The molecule has 1 amide bonds. The van der Waals surface area contributed by atoms with Crippen molar-refractivity contribution in [3.05, 3.63) is 46.4 Å². The molecule has 1 aliphatic heterocycles. The van der Waals surface area contributed by atoms with Crippen LogP contribution in [0.5, 0.6) is 0 Å². The zero-order valence-electron chi connectivity index (χ0n) is 19.1. The minimum absolute atomic E-state index is 0.0961. The van der Waals surface area contributed by atoms with E-state index in [0.29, 0.717) is 38.0 Å². The van der Waals surface area contributed by atoms with Gasteiger partial charge in [-0.25, -0.2) is 4.99 Å². The van der Waals surface area contributed by atoms with Gasteiger partial charge in [-0.15, -0.1) is 24.2 Å². The molecule has 1 aliphatic rings. The number of nitriles is 1. The summed E-state index contributed by atoms with van der Waals surface area (Å²) >= 11 is 1.56. The van der Waals surface area contributed by atoms with Crippen LogP contribution in [-0.2, 0) is 14.9 Å². The van der Waals surface area contributed by atoms with E-state index in [2.05, 4.69) is 35.1 Å². The van der Waals surface area contributed by atoms with Gasteiger partial charge in [-0.2, -0.15) is 18.4 Å². The first-order valence-corrected chi connectivity index (χ1v) is 11.1. The third kappa shape index (κ3) is 7.85. The number of terminal acetylenes is 1. The van der Waals surface area contributed by atoms with Crippen LogP contribution in [0.2, 0.25) is 0 Å². The lowest BCUT2D eigenvalue weighted by atomic mass is 9.77. The van der Waals surface area contributed by atoms with Crippen LogP contribution in [0.15, 0.2) is 46.5 Å². The lowest BCUT2D eigenvalue weighted by Crippen LogP contribution is -2.52. The van der Waals surface area contributed by atoms with Crippen molar-refractivity contribution < 1.29 is 22.7 Å². The largest absolute Gasteiger partial charge is 0.497 e. The van der Waals surface area contributed by atoms with E-state index in [-0.39, 0.29) is 17.6 Å². The molecule has 0 unspecified atom stereocenters. The van der Waals surface area contributed by atoms with Gasteiger partial charge in [0.1, 0.15) is 12.3 Å². The number of alkyl halides is 3. The highest BCUT2D eigenvalue weighted by atomic mass is 32.1. The first-order chi connectivity index (χ1) is 16.2. The van der Waals surface area contributed by atoms with E-state index in [0.717, 1.165) is 4.88 Å². The number of rotatable bonds is 7. The maximum absolute atomic E-state index is 12.7. The molecule has 2 N–H and O–H groups in total. The number of carbonyl (C=O) groups excluding carboxylic acids is 1. The fourth-order valence-electron chi connectivity index (χ4n) is 3.54. The number of thiophene rings is 1. The molecule has 0 radical (unpaired) electrons. The Morgan fingerprint density at radius 1 is 1.44 bits per heavy atom. The van der Waals surface area contributed by atoms with Gasteiger partial charge in [-0.05, 0) is 31.2 Å². The van der Waals surface area contributed by atoms with Gasteiger partial charge in [-0.3, -0.25) is 10.1 Å². The Labute approximate surface area is 202 Å². The zero-order valence-corrected chi connectivity index (χ0v) is 19.9. The van der Waals surface area contributed by atoms with Gasteiger partial charge >= 0.3 is 6.18 Å². The Bertz CT molecular complexity index is 938. The maximum atomic E-state index is 12.7. The predicted octanol–water partition coefficient (Wildman–Crippen LogP) is 3.54. The summed E-state index contributed by atoms with van der Waals surface area (Å²) in [6, 6.07) is 3.91. The fraction of sp³-hybridized carbons (Fsp3) is 0.435. The summed E-state index contributed by atoms with van der Waals surface area (Å²) in [4.78, 5) is 18.9. The van der Waals surface area contributed by atoms with Crippen molar-refractivity contribution in [3.63, 3.8) is 0 Å². The van der Waals surface area contributed by atoms with Gasteiger partial charge in [0.25, 0.3) is 5.91 Å². The topological polar surface area (TPSA) is 89.8 Å². The number of likely N-dealkylation sites (tertiary alicyclic amines) is 1. The zero-order chi connectivity index (χ0) is 25.8. The second kappa shape index (κ2) is 13.3. The molecule has 2 rings (SSSR count). The summed E-state index contributed by atoms with van der Waals surface area (Å²) in [6.07, 6.45) is 7.93. The summed E-state index contributed by atoms with van der Waals surface area (Å²) in [6.45, 7) is 5.17. The minimum atomic E-state index is -4.46. The monoisotopic (exact) mass is 495 g/mol. The van der Waals surface area contributed by atoms with Crippen molar-refractivity contribution in [2.24, 2.45) is 4.99 Å². The molecule has 1 saturated heterocycles. The standard InChI is InChI=1S/C21H26F3N5O2S.C2H2/c1-4-16(15(2)31-3)18(30)26-12-20(17-6-5-11-32-17)7-9-29(10-8-20)19(28-14-25)27-13-21(22,23)24;1-2/h4-6,11H,2,7-10,12-13H2,1,3H3,(H,26,30)(H,27,28);1-2H/b16-4+;. The number of carbonyl (C=O) groups is 1. The number of nitrogens with zero attached hydrogens (tertiary/aromatic N) is 3. The Balaban J connectivity index is 0.00000281. The van der Waals surface area contributed by atoms with Crippen LogP contribution in [0.1, 0.15) is 24.6 Å². The molecule has 0 bridgehead atoms. The first kappa shape index (κ1) is 28.6. The lowest BCUT2D eigenvalue weighted by molar-refractivity contribution is -0.118. The molecule has 0 atom stereocenters. The molecule has 0 aromatic carbocycles. The number of halogens is 3. The summed E-state index contributed by atoms with van der Waals surface area (Å²) in [7, 11) is 1.44. The maximum Gasteiger partial charge on any atom is 0.408 e. The van der Waals surface area contributed by atoms with Crippen LogP contribution in [0, 0.1) is 24.3 Å². The molecule has 1 aromatic rings. The Hall–Kier alpha value is -3.44. The van der Waals surface area contributed by atoms with Crippen molar-refractivity contribution in [2.45, 2.75) is 31.4 Å². The number of ether oxygens (including phenoxy) is 1. The van der Waals surface area contributed by atoms with Gasteiger partial charge in [0, 0.05) is 29.9 Å². The normalized spacial score (nSPS) is 15.9. The van der Waals surface area contributed by atoms with Crippen molar-refractivity contribution in [2.75, 3.05) is 33.3 Å². The molecule has 1 aromatic heterocycles. The lowest BCUT2D eigenvalue weighted by Gasteiger charge is -2.42. The van der Waals surface area contributed by atoms with Crippen molar-refractivity contribution in [1.29, 1.82) is 5.26 Å². The van der Waals surface area contributed by atoms with Crippen LogP contribution in [0.4, 0.5) is 13.2 Å². The quantitative estimate of drug-likeness (QED) is 0.0883. The molecule has 0 aliphatic carbocycles. The van der Waals surface area contributed by atoms with Gasteiger partial charge in [0.05, 0.1) is 12.7 Å². The van der Waals surface area contributed by atoms with E-state index < -0.39 is 18.1 Å². The van der Waals surface area contributed by atoms with E-state index >= 15 is 0 Å². The SMILES string of the molecule is C#C.C=C(OC)/C(=C\C)C(=O)NCC1(c2cccs2)CCN(C(=NCC(F)(F)F)NC#N)CC1. The number of hydrogen-bond donors (Lipinski definition) is 2. The second-order valence-corrected chi connectivity index (χ2v) is 8.20. The van der Waals surface area contributed by atoms with Crippen LogP contribution in [0.3, 0.4) is 0 Å². The summed E-state index contributed by atoms with van der Waals surface area (Å²) in [5.74, 6) is -0.143. The molecule has 2 heterocycles. The third-order valence-electron chi connectivity index (χ3n) is 5.31. The summed E-state index contributed by atoms with van der Waals surface area (Å²) in [5, 5.41) is 16.1. The summed E-state index contributed by atoms with van der Waals surface area (Å²) < 4.78 is 42.8. The first-order valence-electron chi connectivity index (χ1n) is 10.2. The highest BCUT2D eigenvalue weighted by Crippen LogP contribution is 2.38. The number of piperidine rings is 1. The van der Waals surface area contributed by atoms with Gasteiger partial charge < -0.3 is 15.0 Å². The van der Waals surface area contributed by atoms with E-state index in [1.54, 1.807) is 35.4 Å². The van der Waals surface area contributed by atoms with Crippen molar-refractivity contribution >= 4 is 23.2 Å². The van der Waals surface area contributed by atoms with Crippen molar-refractivity contribution in [1.82, 2.24) is 15.5 Å². The van der Waals surface area contributed by atoms with Crippen LogP contribution in [-0.4, -0.2) is 56.2 Å². The second-order valence-electron chi connectivity index (χ2n) is 7.25. The van der Waals surface area contributed by atoms with Gasteiger partial charge in [0.15, 0.2) is 6.19 Å². The fourth-order valence-corrected chi connectivity index (χ4v) is 4.53. The molecule has 34 heavy (non-hydrogen) atoms. The highest BCUT2D eigenvalue weighted by Gasteiger charge is 2.39. The Kier molecular flexibility index (Phi) is 11.2. The molecule has 0 spiro atoms. The Morgan fingerprint density at radius 2 is 2.09 bits per heavy atom. The van der Waals surface area contributed by atoms with E-state index in [4.69, 9.17) is 10.00 Å². The molecule has 7 nitrogen and oxygen atoms in total. The van der Waals surface area contributed by atoms with Crippen molar-refractivity contribution in [3.8, 4) is 19.0 Å². The van der Waals surface area contributed by atoms with Crippen LogP contribution >= 0.6 is 11.3 Å². The molecule has 0 saturated carbocycles. The molecule has 184 valence electrons. The highest BCUT2D eigenvalue weighted by molar-refractivity contribution is 7.10. The molecular weight excluding hydrogens is 467 g/mol. The number of nitrogens with one attached hydrogen (secondary N) is 2. The number of allylic oxidation sites excluding steroid dienone is 1. The number of amides is 1. The summed E-state index contributed by atoms with van der Waals surface area (Å²) in [5.41, 5.74) is -0.0545. The third-order valence-corrected chi connectivity index (χ3v) is 6.42. The molecule has 1 fully saturated rings. The average molecular weight is 496 g/mol. The van der Waals surface area contributed by atoms with Gasteiger partial charge in [0.2, 0.25) is 5.96 Å². The Morgan fingerprint density at radius 3 is 2.56 bits per heavy atom. The average Bonchev–Trinajstić information content (AvgIpc) is 3.38. The predicted molar refractivity (Wildman–Crippen MR) is 127 cm³/mol. The van der Waals surface area contributed by atoms with E-state index in [9.17, 15) is 18.0 Å². The number of guanidine groups is 1. The van der Waals surface area contributed by atoms with E-state index in [1.807, 2.05) is 17.5 Å². The molecular formula is C23H28F3N5O2S. The van der Waals surface area contributed by atoms with E-state index in [1.165, 1.54) is 7.11 Å². The van der Waals surface area contributed by atoms with Crippen LogP contribution in [0.25, 0.3) is 0 Å². The van der Waals surface area contributed by atoms with Crippen LogP contribution < -0.4 is 10.6 Å². The minimum Gasteiger partial charge on any atom is -0.497 e. The number of methoxy groups -OCH3 is 1. The smallest absolute Gasteiger partial charge is 0.408 e. The molecule has 11 heteroatoms.